The highest BCUT2D eigenvalue weighted by Crippen LogP contribution is 2.12. The van der Waals surface area contributed by atoms with Gasteiger partial charge in [-0.05, 0) is 25.0 Å². The van der Waals surface area contributed by atoms with Crippen molar-refractivity contribution in [2.45, 2.75) is 25.6 Å². The van der Waals surface area contributed by atoms with Crippen molar-refractivity contribution in [2.75, 3.05) is 13.2 Å². The fourth-order valence-corrected chi connectivity index (χ4v) is 1.72. The summed E-state index contributed by atoms with van der Waals surface area (Å²) in [5.74, 6) is -1.02. The number of pyridine rings is 1. The molecule has 0 saturated carbocycles. The van der Waals surface area contributed by atoms with Crippen LogP contribution < -0.4 is 0 Å². The predicted molar refractivity (Wildman–Crippen MR) is 59.8 cm³/mol. The Morgan fingerprint density at radius 3 is 2.94 bits per heavy atom. The molecule has 0 aromatic carbocycles. The minimum atomic E-state index is -1.02. The second-order valence-corrected chi connectivity index (χ2v) is 3.94. The van der Waals surface area contributed by atoms with Crippen molar-refractivity contribution in [1.82, 2.24) is 4.98 Å². The van der Waals surface area contributed by atoms with Gasteiger partial charge < -0.3 is 14.6 Å². The quantitative estimate of drug-likeness (QED) is 0.858. The van der Waals surface area contributed by atoms with E-state index >= 15 is 0 Å². The lowest BCUT2D eigenvalue weighted by atomic mass is 10.1. The van der Waals surface area contributed by atoms with Crippen molar-refractivity contribution in [1.29, 1.82) is 0 Å². The lowest BCUT2D eigenvalue weighted by molar-refractivity contribution is -0.0399. The van der Waals surface area contributed by atoms with Gasteiger partial charge in [0.25, 0.3) is 0 Å². The van der Waals surface area contributed by atoms with Gasteiger partial charge in [0, 0.05) is 13.2 Å². The maximum Gasteiger partial charge on any atom is 0.354 e. The number of carboxylic acids is 1. The van der Waals surface area contributed by atoms with Crippen LogP contribution in [0.15, 0.2) is 18.2 Å². The predicted octanol–water partition coefficient (Wildman–Crippen LogP) is 1.48. The molecule has 0 bridgehead atoms. The molecule has 1 aliphatic rings. The third kappa shape index (κ3) is 3.51. The van der Waals surface area contributed by atoms with Gasteiger partial charge in [0.05, 0.1) is 18.4 Å². The topological polar surface area (TPSA) is 68.7 Å². The van der Waals surface area contributed by atoms with E-state index < -0.39 is 5.97 Å². The van der Waals surface area contributed by atoms with E-state index in [4.69, 9.17) is 14.6 Å². The average Bonchev–Trinajstić information content (AvgIpc) is 2.38. The zero-order valence-corrected chi connectivity index (χ0v) is 9.46. The number of carboxylic acid groups (broad SMARTS) is 1. The first-order chi connectivity index (χ1) is 8.25. The van der Waals surface area contributed by atoms with E-state index in [1.165, 1.54) is 6.07 Å². The summed E-state index contributed by atoms with van der Waals surface area (Å²) in [5.41, 5.74) is 0.703. The Labute approximate surface area is 99.4 Å². The highest BCUT2D eigenvalue weighted by molar-refractivity contribution is 5.85. The van der Waals surface area contributed by atoms with E-state index in [9.17, 15) is 4.79 Å². The van der Waals surface area contributed by atoms with Gasteiger partial charge >= 0.3 is 5.97 Å². The molecule has 0 spiro atoms. The summed E-state index contributed by atoms with van der Waals surface area (Å²) in [6.45, 7) is 1.81. The Hall–Kier alpha value is -1.46. The van der Waals surface area contributed by atoms with Crippen LogP contribution in [-0.4, -0.2) is 35.4 Å². The van der Waals surface area contributed by atoms with Crippen molar-refractivity contribution in [3.63, 3.8) is 0 Å². The highest BCUT2D eigenvalue weighted by atomic mass is 16.5. The smallest absolute Gasteiger partial charge is 0.354 e. The molecule has 0 amide bonds. The lowest BCUT2D eigenvalue weighted by Crippen LogP contribution is -2.23. The Morgan fingerprint density at radius 1 is 1.47 bits per heavy atom. The number of carbonyl (C=O) groups is 1. The van der Waals surface area contributed by atoms with Crippen LogP contribution in [0.3, 0.4) is 0 Å². The third-order valence-corrected chi connectivity index (χ3v) is 2.66. The monoisotopic (exact) mass is 237 g/mol. The molecule has 1 fully saturated rings. The molecule has 1 aromatic rings. The molecular formula is C12H15NO4. The first-order valence-corrected chi connectivity index (χ1v) is 5.64. The van der Waals surface area contributed by atoms with Gasteiger partial charge in [-0.3, -0.25) is 0 Å². The molecule has 17 heavy (non-hydrogen) atoms. The molecule has 0 aliphatic carbocycles. The Morgan fingerprint density at radius 2 is 2.24 bits per heavy atom. The maximum atomic E-state index is 10.7. The van der Waals surface area contributed by atoms with Gasteiger partial charge in [0.2, 0.25) is 0 Å². The van der Waals surface area contributed by atoms with Crippen LogP contribution in [0.4, 0.5) is 0 Å². The van der Waals surface area contributed by atoms with Gasteiger partial charge in [0.1, 0.15) is 5.69 Å². The van der Waals surface area contributed by atoms with E-state index in [2.05, 4.69) is 4.98 Å². The molecule has 1 aliphatic heterocycles. The molecular weight excluding hydrogens is 222 g/mol. The molecule has 1 N–H and O–H groups in total. The highest BCUT2D eigenvalue weighted by Gasteiger charge is 2.14. The second kappa shape index (κ2) is 5.75. The van der Waals surface area contributed by atoms with Gasteiger partial charge in [0.15, 0.2) is 0 Å². The molecule has 5 nitrogen and oxygen atoms in total. The van der Waals surface area contributed by atoms with Crippen molar-refractivity contribution >= 4 is 5.97 Å². The summed E-state index contributed by atoms with van der Waals surface area (Å²) >= 11 is 0. The van der Waals surface area contributed by atoms with Crippen LogP contribution in [0.2, 0.25) is 0 Å². The Bertz CT molecular complexity index is 388. The SMILES string of the molecule is O=C(O)c1cccc(COC2CCOCC2)n1. The molecule has 2 rings (SSSR count). The van der Waals surface area contributed by atoms with Crippen molar-refractivity contribution < 1.29 is 19.4 Å². The zero-order valence-electron chi connectivity index (χ0n) is 9.46. The average molecular weight is 237 g/mol. The number of aromatic nitrogens is 1. The van der Waals surface area contributed by atoms with Crippen molar-refractivity contribution in [3.8, 4) is 0 Å². The molecule has 2 heterocycles. The molecule has 1 saturated heterocycles. The lowest BCUT2D eigenvalue weighted by Gasteiger charge is -2.22. The van der Waals surface area contributed by atoms with E-state index in [1.807, 2.05) is 0 Å². The number of aromatic carboxylic acids is 1. The van der Waals surface area contributed by atoms with Crippen LogP contribution in [0.25, 0.3) is 0 Å². The largest absolute Gasteiger partial charge is 0.477 e. The minimum absolute atomic E-state index is 0.0538. The molecule has 5 heteroatoms. The number of nitrogens with zero attached hydrogens (tertiary/aromatic N) is 1. The molecule has 0 atom stereocenters. The Kier molecular flexibility index (Phi) is 4.06. The fraction of sp³-hybridized carbons (Fsp3) is 0.500. The number of rotatable bonds is 4. The Balaban J connectivity index is 1.89. The summed E-state index contributed by atoms with van der Waals surface area (Å²) in [6, 6.07) is 4.92. The first-order valence-electron chi connectivity index (χ1n) is 5.64. The van der Waals surface area contributed by atoms with Crippen LogP contribution in [0, 0.1) is 0 Å². The van der Waals surface area contributed by atoms with E-state index in [-0.39, 0.29) is 11.8 Å². The van der Waals surface area contributed by atoms with Crippen molar-refractivity contribution in [2.24, 2.45) is 0 Å². The van der Waals surface area contributed by atoms with Crippen molar-refractivity contribution in [3.05, 3.63) is 29.6 Å². The maximum absolute atomic E-state index is 10.7. The number of hydrogen-bond donors (Lipinski definition) is 1. The van der Waals surface area contributed by atoms with Crippen LogP contribution >= 0.6 is 0 Å². The van der Waals surface area contributed by atoms with Gasteiger partial charge in [-0.15, -0.1) is 0 Å². The summed E-state index contributed by atoms with van der Waals surface area (Å²) in [6.07, 6.45) is 1.97. The van der Waals surface area contributed by atoms with E-state index in [0.29, 0.717) is 12.3 Å². The standard InChI is InChI=1S/C12H15NO4/c14-12(15)11-3-1-2-9(13-11)8-17-10-4-6-16-7-5-10/h1-3,10H,4-8H2,(H,14,15). The number of hydrogen-bond acceptors (Lipinski definition) is 4. The normalized spacial score (nSPS) is 16.9. The number of ether oxygens (including phenoxy) is 2. The first kappa shape index (κ1) is 12.0. The van der Waals surface area contributed by atoms with Crippen LogP contribution in [-0.2, 0) is 16.1 Å². The summed E-state index contributed by atoms with van der Waals surface area (Å²) in [4.78, 5) is 14.7. The minimum Gasteiger partial charge on any atom is -0.477 e. The van der Waals surface area contributed by atoms with Crippen LogP contribution in [0.5, 0.6) is 0 Å². The molecule has 92 valence electrons. The summed E-state index contributed by atoms with van der Waals surface area (Å²) in [5, 5.41) is 8.81. The van der Waals surface area contributed by atoms with Crippen LogP contribution in [0.1, 0.15) is 29.0 Å². The van der Waals surface area contributed by atoms with Gasteiger partial charge in [-0.25, -0.2) is 9.78 Å². The third-order valence-electron chi connectivity index (χ3n) is 2.66. The second-order valence-electron chi connectivity index (χ2n) is 3.94. The van der Waals surface area contributed by atoms with E-state index in [0.717, 1.165) is 26.1 Å². The van der Waals surface area contributed by atoms with E-state index in [1.54, 1.807) is 12.1 Å². The molecule has 0 unspecified atom stereocenters. The zero-order chi connectivity index (χ0) is 12.1. The summed E-state index contributed by atoms with van der Waals surface area (Å²) in [7, 11) is 0. The van der Waals surface area contributed by atoms with Gasteiger partial charge in [-0.1, -0.05) is 6.07 Å². The van der Waals surface area contributed by atoms with Gasteiger partial charge in [-0.2, -0.15) is 0 Å². The summed E-state index contributed by atoms with van der Waals surface area (Å²) < 4.78 is 10.9. The molecule has 1 aromatic heterocycles. The molecule has 0 radical (unpaired) electrons. The fourth-order valence-electron chi connectivity index (χ4n) is 1.72.